The van der Waals surface area contributed by atoms with Crippen LogP contribution in [0.25, 0.3) is 0 Å². The molecule has 0 aliphatic carbocycles. The Morgan fingerprint density at radius 1 is 1.15 bits per heavy atom. The summed E-state index contributed by atoms with van der Waals surface area (Å²) in [4.78, 5) is 0. The van der Waals surface area contributed by atoms with Crippen LogP contribution in [0.15, 0.2) is 46.9 Å². The zero-order valence-corrected chi connectivity index (χ0v) is 13.2. The number of benzene rings is 2. The molecule has 2 aromatic rings. The third-order valence-electron chi connectivity index (χ3n) is 3.56. The minimum Gasteiger partial charge on any atom is -0.330 e. The van der Waals surface area contributed by atoms with Crippen LogP contribution in [0.4, 0.5) is 4.39 Å². The number of hydrogen-bond acceptors (Lipinski definition) is 1. The quantitative estimate of drug-likeness (QED) is 0.868. The SMILES string of the molecule is Cc1cc(F)ccc1CC(CN)Cc1cccc(Br)c1. The molecule has 106 valence electrons. The van der Waals surface area contributed by atoms with Gasteiger partial charge < -0.3 is 5.73 Å². The lowest BCUT2D eigenvalue weighted by Gasteiger charge is -2.16. The van der Waals surface area contributed by atoms with Crippen molar-refractivity contribution in [2.45, 2.75) is 19.8 Å². The van der Waals surface area contributed by atoms with Gasteiger partial charge in [-0.25, -0.2) is 4.39 Å². The van der Waals surface area contributed by atoms with Gasteiger partial charge in [0.15, 0.2) is 0 Å². The first-order valence-electron chi connectivity index (χ1n) is 6.78. The summed E-state index contributed by atoms with van der Waals surface area (Å²) in [6.45, 7) is 2.58. The van der Waals surface area contributed by atoms with Crippen molar-refractivity contribution < 1.29 is 4.39 Å². The van der Waals surface area contributed by atoms with Crippen LogP contribution < -0.4 is 5.73 Å². The largest absolute Gasteiger partial charge is 0.330 e. The molecule has 0 bridgehead atoms. The Morgan fingerprint density at radius 3 is 2.60 bits per heavy atom. The Hall–Kier alpha value is -1.19. The van der Waals surface area contributed by atoms with Gasteiger partial charge in [-0.2, -0.15) is 0 Å². The highest BCUT2D eigenvalue weighted by atomic mass is 79.9. The second-order valence-corrected chi connectivity index (χ2v) is 6.13. The predicted octanol–water partition coefficient (Wildman–Crippen LogP) is 4.26. The van der Waals surface area contributed by atoms with Crippen molar-refractivity contribution in [3.63, 3.8) is 0 Å². The van der Waals surface area contributed by atoms with E-state index in [0.717, 1.165) is 22.9 Å². The summed E-state index contributed by atoms with van der Waals surface area (Å²) in [5, 5.41) is 0. The normalized spacial score (nSPS) is 12.4. The molecule has 0 heterocycles. The zero-order valence-electron chi connectivity index (χ0n) is 11.6. The second-order valence-electron chi connectivity index (χ2n) is 5.21. The van der Waals surface area contributed by atoms with E-state index in [0.29, 0.717) is 12.5 Å². The molecule has 1 nitrogen and oxygen atoms in total. The van der Waals surface area contributed by atoms with Crippen molar-refractivity contribution in [3.05, 3.63) is 69.4 Å². The molecule has 3 heteroatoms. The number of nitrogens with two attached hydrogens (primary N) is 1. The van der Waals surface area contributed by atoms with E-state index in [1.165, 1.54) is 17.2 Å². The van der Waals surface area contributed by atoms with Gasteiger partial charge in [-0.05, 0) is 73.2 Å². The van der Waals surface area contributed by atoms with E-state index >= 15 is 0 Å². The Kier molecular flexibility index (Phi) is 5.32. The maximum atomic E-state index is 13.1. The summed E-state index contributed by atoms with van der Waals surface area (Å²) < 4.78 is 14.2. The molecule has 1 atom stereocenters. The summed E-state index contributed by atoms with van der Waals surface area (Å²) in [5.74, 6) is 0.191. The molecular weight excluding hydrogens is 317 g/mol. The summed E-state index contributed by atoms with van der Waals surface area (Å²) >= 11 is 3.49. The highest BCUT2D eigenvalue weighted by molar-refractivity contribution is 9.10. The third-order valence-corrected chi connectivity index (χ3v) is 4.05. The van der Waals surface area contributed by atoms with E-state index in [9.17, 15) is 4.39 Å². The fourth-order valence-corrected chi connectivity index (χ4v) is 2.88. The molecule has 0 amide bonds. The molecule has 0 fully saturated rings. The topological polar surface area (TPSA) is 26.0 Å². The first-order valence-corrected chi connectivity index (χ1v) is 7.57. The molecule has 1 unspecified atom stereocenters. The maximum Gasteiger partial charge on any atom is 0.123 e. The molecule has 0 saturated heterocycles. The van der Waals surface area contributed by atoms with E-state index in [1.807, 2.05) is 25.1 Å². The van der Waals surface area contributed by atoms with E-state index < -0.39 is 0 Å². The van der Waals surface area contributed by atoms with E-state index in [1.54, 1.807) is 6.07 Å². The molecule has 20 heavy (non-hydrogen) atoms. The number of aryl methyl sites for hydroxylation is 1. The molecule has 0 spiro atoms. The molecule has 0 aromatic heterocycles. The average Bonchev–Trinajstić information content (AvgIpc) is 2.41. The van der Waals surface area contributed by atoms with Crippen molar-refractivity contribution in [3.8, 4) is 0 Å². The summed E-state index contributed by atoms with van der Waals surface area (Å²) in [5.41, 5.74) is 9.35. The van der Waals surface area contributed by atoms with Crippen molar-refractivity contribution in [1.29, 1.82) is 0 Å². The number of halogens is 2. The van der Waals surface area contributed by atoms with Crippen LogP contribution in [0.1, 0.15) is 16.7 Å². The molecule has 2 rings (SSSR count). The average molecular weight is 336 g/mol. The van der Waals surface area contributed by atoms with Crippen molar-refractivity contribution in [2.75, 3.05) is 6.54 Å². The highest BCUT2D eigenvalue weighted by Crippen LogP contribution is 2.19. The number of hydrogen-bond donors (Lipinski definition) is 1. The van der Waals surface area contributed by atoms with Gasteiger partial charge in [0.1, 0.15) is 5.82 Å². The predicted molar refractivity (Wildman–Crippen MR) is 85.2 cm³/mol. The van der Waals surface area contributed by atoms with Gasteiger partial charge in [-0.15, -0.1) is 0 Å². The van der Waals surface area contributed by atoms with Crippen LogP contribution in [-0.2, 0) is 12.8 Å². The Balaban J connectivity index is 2.09. The van der Waals surface area contributed by atoms with Gasteiger partial charge in [0.2, 0.25) is 0 Å². The lowest BCUT2D eigenvalue weighted by atomic mass is 9.91. The molecule has 0 aliphatic rings. The van der Waals surface area contributed by atoms with Crippen LogP contribution >= 0.6 is 15.9 Å². The van der Waals surface area contributed by atoms with Crippen LogP contribution in [-0.4, -0.2) is 6.54 Å². The lowest BCUT2D eigenvalue weighted by molar-refractivity contribution is 0.531. The van der Waals surface area contributed by atoms with Crippen LogP contribution in [0.5, 0.6) is 0 Å². The van der Waals surface area contributed by atoms with E-state index in [-0.39, 0.29) is 5.82 Å². The molecule has 0 radical (unpaired) electrons. The molecular formula is C17H19BrFN. The maximum absolute atomic E-state index is 13.1. The smallest absolute Gasteiger partial charge is 0.123 e. The highest BCUT2D eigenvalue weighted by Gasteiger charge is 2.11. The standard InChI is InChI=1S/C17H19BrFN/c1-12-7-17(19)6-5-15(12)9-14(11-20)8-13-3-2-4-16(18)10-13/h2-7,10,14H,8-9,11,20H2,1H3. The van der Waals surface area contributed by atoms with E-state index in [2.05, 4.69) is 28.1 Å². The lowest BCUT2D eigenvalue weighted by Crippen LogP contribution is -2.19. The molecule has 2 aromatic carbocycles. The van der Waals surface area contributed by atoms with Gasteiger partial charge in [-0.1, -0.05) is 34.1 Å². The Labute approximate surface area is 128 Å². The van der Waals surface area contributed by atoms with Gasteiger partial charge in [-0.3, -0.25) is 0 Å². The minimum absolute atomic E-state index is 0.178. The van der Waals surface area contributed by atoms with Crippen molar-refractivity contribution >= 4 is 15.9 Å². The Morgan fingerprint density at radius 2 is 1.95 bits per heavy atom. The first-order chi connectivity index (χ1) is 9.58. The molecule has 2 N–H and O–H groups in total. The Bertz CT molecular complexity index is 583. The van der Waals surface area contributed by atoms with Crippen molar-refractivity contribution in [1.82, 2.24) is 0 Å². The van der Waals surface area contributed by atoms with Gasteiger partial charge in [0, 0.05) is 4.47 Å². The van der Waals surface area contributed by atoms with E-state index in [4.69, 9.17) is 5.73 Å². The minimum atomic E-state index is -0.178. The fourth-order valence-electron chi connectivity index (χ4n) is 2.44. The first kappa shape index (κ1) is 15.2. The summed E-state index contributed by atoms with van der Waals surface area (Å²) in [6.07, 6.45) is 1.82. The van der Waals surface area contributed by atoms with Crippen LogP contribution in [0, 0.1) is 18.7 Å². The van der Waals surface area contributed by atoms with Crippen molar-refractivity contribution in [2.24, 2.45) is 11.7 Å². The zero-order chi connectivity index (χ0) is 14.5. The third kappa shape index (κ3) is 4.15. The van der Waals surface area contributed by atoms with Gasteiger partial charge in [0.25, 0.3) is 0 Å². The summed E-state index contributed by atoms with van der Waals surface area (Å²) in [6, 6.07) is 13.3. The molecule has 0 saturated carbocycles. The molecule has 0 aliphatic heterocycles. The van der Waals surface area contributed by atoms with Gasteiger partial charge in [0.05, 0.1) is 0 Å². The van der Waals surface area contributed by atoms with Crippen LogP contribution in [0.2, 0.25) is 0 Å². The summed E-state index contributed by atoms with van der Waals surface area (Å²) in [7, 11) is 0. The monoisotopic (exact) mass is 335 g/mol. The van der Waals surface area contributed by atoms with Crippen LogP contribution in [0.3, 0.4) is 0 Å². The van der Waals surface area contributed by atoms with Gasteiger partial charge >= 0.3 is 0 Å². The number of rotatable bonds is 5. The fraction of sp³-hybridized carbons (Fsp3) is 0.294. The second kappa shape index (κ2) is 7.00.